The molecule has 3 aliphatic heterocycles. The van der Waals surface area contributed by atoms with Gasteiger partial charge in [-0.2, -0.15) is 0 Å². The third-order valence-electron chi connectivity index (χ3n) is 10.4. The maximum absolute atomic E-state index is 14.0. The number of hydrogen-bond donors (Lipinski definition) is 2. The second-order valence-electron chi connectivity index (χ2n) is 14.8. The van der Waals surface area contributed by atoms with Crippen molar-refractivity contribution in [2.75, 3.05) is 26.3 Å². The molecule has 6 aliphatic rings. The van der Waals surface area contributed by atoms with Crippen molar-refractivity contribution >= 4 is 35.8 Å². The minimum atomic E-state index is -1.01. The number of carbonyl (C=O) groups is 5. The first kappa shape index (κ1) is 34.4. The number of rotatable bonds is 11. The van der Waals surface area contributed by atoms with Gasteiger partial charge in [0.15, 0.2) is 5.79 Å². The van der Waals surface area contributed by atoms with Crippen LogP contribution >= 0.6 is 0 Å². The van der Waals surface area contributed by atoms with Crippen molar-refractivity contribution in [3.05, 3.63) is 53.1 Å². The molecule has 50 heavy (non-hydrogen) atoms. The van der Waals surface area contributed by atoms with E-state index in [1.54, 1.807) is 49.1 Å². The number of carbonyl (C=O) groups excluding carboxylic acids is 5. The van der Waals surface area contributed by atoms with Crippen LogP contribution in [0.2, 0.25) is 0 Å². The topological polar surface area (TPSA) is 167 Å². The molecule has 0 bridgehead atoms. The van der Waals surface area contributed by atoms with Crippen LogP contribution in [0.15, 0.2) is 42.0 Å². The number of benzene rings is 1. The molecule has 3 saturated heterocycles. The minimum Gasteiger partial charge on any atom is -0.462 e. The predicted octanol–water partition coefficient (Wildman–Crippen LogP) is 2.45. The summed E-state index contributed by atoms with van der Waals surface area (Å²) < 4.78 is 29.9. The number of aliphatic hydroxyl groups excluding tert-OH is 1. The van der Waals surface area contributed by atoms with Crippen molar-refractivity contribution < 1.29 is 52.8 Å². The zero-order valence-electron chi connectivity index (χ0n) is 28.3. The zero-order valence-corrected chi connectivity index (χ0v) is 28.3. The highest BCUT2D eigenvalue weighted by molar-refractivity contribution is 5.98. The van der Waals surface area contributed by atoms with Gasteiger partial charge in [-0.1, -0.05) is 26.0 Å². The SMILES string of the molecule is CC1(C)COC(=O)C1OC(=O)C=Cc1cccc(C(=O)OC2CC(C(=O)N3CCCC3C(=O)NCCO)=CC3OC(C4CC4)(C4CC4)OC32)c1. The van der Waals surface area contributed by atoms with Crippen molar-refractivity contribution in [3.8, 4) is 0 Å². The number of cyclic esters (lactones) is 1. The average molecular weight is 693 g/mol. The quantitative estimate of drug-likeness (QED) is 0.199. The van der Waals surface area contributed by atoms with Crippen molar-refractivity contribution in [2.24, 2.45) is 17.3 Å². The van der Waals surface area contributed by atoms with Crippen LogP contribution in [0, 0.1) is 17.3 Å². The zero-order chi connectivity index (χ0) is 35.2. The van der Waals surface area contributed by atoms with Crippen LogP contribution < -0.4 is 5.32 Å². The van der Waals surface area contributed by atoms with Gasteiger partial charge in [-0.3, -0.25) is 9.59 Å². The van der Waals surface area contributed by atoms with Crippen LogP contribution in [0.1, 0.15) is 74.7 Å². The Morgan fingerprint density at radius 3 is 2.50 bits per heavy atom. The Bertz CT molecular complexity index is 1600. The summed E-state index contributed by atoms with van der Waals surface area (Å²) in [5.41, 5.74) is 0.526. The van der Waals surface area contributed by atoms with E-state index in [0.717, 1.165) is 25.7 Å². The van der Waals surface area contributed by atoms with E-state index in [-0.39, 0.29) is 55.4 Å². The third kappa shape index (κ3) is 6.82. The summed E-state index contributed by atoms with van der Waals surface area (Å²) in [7, 11) is 0. The Hall–Kier alpha value is -4.07. The maximum atomic E-state index is 14.0. The van der Waals surface area contributed by atoms with Crippen LogP contribution in [0.4, 0.5) is 0 Å². The molecule has 13 heteroatoms. The smallest absolute Gasteiger partial charge is 0.348 e. The highest BCUT2D eigenvalue weighted by Gasteiger charge is 2.64. The fourth-order valence-electron chi connectivity index (χ4n) is 7.55. The molecule has 5 atom stereocenters. The van der Waals surface area contributed by atoms with Crippen LogP contribution in [0.25, 0.3) is 6.08 Å². The van der Waals surface area contributed by atoms with E-state index in [4.69, 9.17) is 28.8 Å². The van der Waals surface area contributed by atoms with Crippen molar-refractivity contribution in [1.29, 1.82) is 0 Å². The molecular weight excluding hydrogens is 648 g/mol. The van der Waals surface area contributed by atoms with Gasteiger partial charge in [0.1, 0.15) is 31.0 Å². The number of aliphatic hydroxyl groups is 1. The molecule has 2 saturated carbocycles. The first-order valence-corrected chi connectivity index (χ1v) is 17.6. The van der Waals surface area contributed by atoms with E-state index in [0.29, 0.717) is 30.5 Å². The number of nitrogens with zero attached hydrogens (tertiary/aromatic N) is 1. The van der Waals surface area contributed by atoms with Crippen LogP contribution in [0.3, 0.4) is 0 Å². The van der Waals surface area contributed by atoms with Gasteiger partial charge in [0.2, 0.25) is 17.9 Å². The lowest BCUT2D eigenvalue weighted by Gasteiger charge is -2.33. The van der Waals surface area contributed by atoms with E-state index in [1.165, 1.54) is 12.2 Å². The van der Waals surface area contributed by atoms with Gasteiger partial charge in [-0.05, 0) is 68.4 Å². The molecule has 13 nitrogen and oxygen atoms in total. The van der Waals surface area contributed by atoms with Gasteiger partial charge < -0.3 is 39.0 Å². The Kier molecular flexibility index (Phi) is 9.33. The lowest BCUT2D eigenvalue weighted by atomic mass is 9.90. The first-order chi connectivity index (χ1) is 24.0. The van der Waals surface area contributed by atoms with E-state index in [1.807, 2.05) is 0 Å². The second kappa shape index (κ2) is 13.6. The fourth-order valence-corrected chi connectivity index (χ4v) is 7.55. The molecule has 2 amide bonds. The van der Waals surface area contributed by atoms with Gasteiger partial charge in [0.05, 0.1) is 12.2 Å². The second-order valence-corrected chi connectivity index (χ2v) is 14.8. The van der Waals surface area contributed by atoms with Gasteiger partial charge in [-0.25, -0.2) is 14.4 Å². The van der Waals surface area contributed by atoms with E-state index in [9.17, 15) is 24.0 Å². The van der Waals surface area contributed by atoms with Gasteiger partial charge in [-0.15, -0.1) is 0 Å². The number of nitrogens with one attached hydrogen (secondary N) is 1. The van der Waals surface area contributed by atoms with E-state index in [2.05, 4.69) is 5.32 Å². The van der Waals surface area contributed by atoms with Gasteiger partial charge in [0.25, 0.3) is 0 Å². The number of fused-ring (bicyclic) bond motifs is 1. The molecule has 3 heterocycles. The van der Waals surface area contributed by atoms with Crippen molar-refractivity contribution in [1.82, 2.24) is 10.2 Å². The number of ether oxygens (including phenoxy) is 5. The summed E-state index contributed by atoms with van der Waals surface area (Å²) in [5, 5.41) is 11.8. The molecule has 2 N–H and O–H groups in total. The average Bonchev–Trinajstić information content (AvgIpc) is 4.04. The molecule has 5 unspecified atom stereocenters. The lowest BCUT2D eigenvalue weighted by molar-refractivity contribution is -0.209. The number of esters is 3. The normalized spacial score (nSPS) is 29.7. The molecule has 1 aromatic carbocycles. The molecule has 0 aromatic heterocycles. The first-order valence-electron chi connectivity index (χ1n) is 17.6. The summed E-state index contributed by atoms with van der Waals surface area (Å²) in [6.07, 6.45) is 6.65. The number of likely N-dealkylation sites (tertiary alicyclic amines) is 1. The Morgan fingerprint density at radius 2 is 1.82 bits per heavy atom. The van der Waals surface area contributed by atoms with Crippen molar-refractivity contribution in [2.45, 2.75) is 95.0 Å². The molecule has 5 fully saturated rings. The summed E-state index contributed by atoms with van der Waals surface area (Å²) in [5.74, 6) is -2.80. The molecule has 268 valence electrons. The third-order valence-corrected chi connectivity index (χ3v) is 10.4. The van der Waals surface area contributed by atoms with Gasteiger partial charge in [0, 0.05) is 48.4 Å². The van der Waals surface area contributed by atoms with E-state index < -0.39 is 59.6 Å². The molecule has 0 radical (unpaired) electrons. The summed E-state index contributed by atoms with van der Waals surface area (Å²) in [6.45, 7) is 4.03. The lowest BCUT2D eigenvalue weighted by Crippen LogP contribution is -2.49. The highest BCUT2D eigenvalue weighted by atomic mass is 16.8. The molecular formula is C37H44N2O11. The molecule has 0 spiro atoms. The van der Waals surface area contributed by atoms with Crippen molar-refractivity contribution in [3.63, 3.8) is 0 Å². The largest absolute Gasteiger partial charge is 0.462 e. The van der Waals surface area contributed by atoms with Crippen LogP contribution in [-0.4, -0.2) is 102 Å². The predicted molar refractivity (Wildman–Crippen MR) is 175 cm³/mol. The maximum Gasteiger partial charge on any atom is 0.348 e. The Balaban J connectivity index is 1.07. The minimum absolute atomic E-state index is 0.0907. The Morgan fingerprint density at radius 1 is 1.06 bits per heavy atom. The monoisotopic (exact) mass is 692 g/mol. The van der Waals surface area contributed by atoms with Gasteiger partial charge >= 0.3 is 17.9 Å². The molecule has 3 aliphatic carbocycles. The number of amides is 2. The molecule has 7 rings (SSSR count). The van der Waals surface area contributed by atoms with E-state index >= 15 is 0 Å². The van der Waals surface area contributed by atoms with Crippen LogP contribution in [0.5, 0.6) is 0 Å². The Labute approximate surface area is 290 Å². The highest BCUT2D eigenvalue weighted by Crippen LogP contribution is 2.59. The summed E-state index contributed by atoms with van der Waals surface area (Å²) in [6, 6.07) is 5.89. The molecule has 1 aromatic rings. The standard InChI is InChI=1S/C37H44N2O11/c1-36(2)20-46-35(45)31(36)48-29(41)13-8-21-5-3-6-22(17-21)34(44)47-27-18-23(33(43)39-15-4-7-26(39)32(42)38-14-16-40)19-28-30(27)50-37(49-28,24-9-10-24)25-11-12-25/h3,5-6,8,13,17,19,24-28,30-31,40H,4,7,9-12,14-16,18,20H2,1-2H3,(H,38,42). The summed E-state index contributed by atoms with van der Waals surface area (Å²) >= 11 is 0. The van der Waals surface area contributed by atoms with Crippen LogP contribution in [-0.2, 0) is 42.9 Å². The fraction of sp³-hybridized carbons (Fsp3) is 0.595. The summed E-state index contributed by atoms with van der Waals surface area (Å²) in [4.78, 5) is 66.6. The number of hydrogen-bond acceptors (Lipinski definition) is 11.